The minimum absolute atomic E-state index is 0.0608. The van der Waals surface area contributed by atoms with E-state index in [4.69, 9.17) is 33.7 Å². The first-order chi connectivity index (χ1) is 8.93. The predicted molar refractivity (Wildman–Crippen MR) is 77.7 cm³/mol. The molecule has 19 heavy (non-hydrogen) atoms. The first-order valence-electron chi connectivity index (χ1n) is 6.04. The lowest BCUT2D eigenvalue weighted by Gasteiger charge is -2.13. The second-order valence-corrected chi connectivity index (χ2v) is 5.24. The summed E-state index contributed by atoms with van der Waals surface area (Å²) in [5.74, 6) is 0.431. The molecule has 0 saturated heterocycles. The maximum atomic E-state index is 11.5. The number of nitrogens with two attached hydrogens (primary N) is 1. The van der Waals surface area contributed by atoms with E-state index in [0.29, 0.717) is 15.8 Å². The summed E-state index contributed by atoms with van der Waals surface area (Å²) in [5, 5.41) is 3.69. The predicted octanol–water partition coefficient (Wildman–Crippen LogP) is 2.75. The second-order valence-electron chi connectivity index (χ2n) is 4.40. The highest BCUT2D eigenvalue weighted by Gasteiger charge is 2.11. The molecule has 106 valence electrons. The summed E-state index contributed by atoms with van der Waals surface area (Å²) < 4.78 is 5.53. The molecule has 1 amide bonds. The van der Waals surface area contributed by atoms with Crippen molar-refractivity contribution in [2.24, 2.45) is 5.73 Å². The highest BCUT2D eigenvalue weighted by molar-refractivity contribution is 6.35. The molecule has 0 radical (unpaired) electrons. The Labute approximate surface area is 123 Å². The van der Waals surface area contributed by atoms with E-state index in [1.165, 1.54) is 0 Å². The van der Waals surface area contributed by atoms with Gasteiger partial charge in [0, 0.05) is 23.2 Å². The Morgan fingerprint density at radius 2 is 2.11 bits per heavy atom. The number of amides is 1. The van der Waals surface area contributed by atoms with Gasteiger partial charge in [0.05, 0.1) is 18.1 Å². The third-order valence-corrected chi connectivity index (χ3v) is 2.83. The highest BCUT2D eigenvalue weighted by atomic mass is 35.5. The number of nitrogens with one attached hydrogen (secondary N) is 1. The van der Waals surface area contributed by atoms with Crippen molar-refractivity contribution in [1.29, 1.82) is 0 Å². The Bertz CT molecular complexity index is 451. The van der Waals surface area contributed by atoms with Gasteiger partial charge in [-0.15, -0.1) is 0 Å². The molecule has 3 N–H and O–H groups in total. The number of hydrogen-bond donors (Lipinski definition) is 2. The summed E-state index contributed by atoms with van der Waals surface area (Å²) in [6.07, 6.45) is 0.265. The molecule has 0 aromatic heterocycles. The largest absolute Gasteiger partial charge is 0.491 e. The van der Waals surface area contributed by atoms with Crippen LogP contribution in [0.5, 0.6) is 5.75 Å². The van der Waals surface area contributed by atoms with Gasteiger partial charge in [0.1, 0.15) is 5.75 Å². The molecule has 0 atom stereocenters. The van der Waals surface area contributed by atoms with Gasteiger partial charge < -0.3 is 15.8 Å². The molecule has 0 aliphatic heterocycles. The van der Waals surface area contributed by atoms with Crippen molar-refractivity contribution < 1.29 is 9.53 Å². The van der Waals surface area contributed by atoms with E-state index in [1.807, 2.05) is 13.8 Å². The van der Waals surface area contributed by atoms with Crippen LogP contribution in [0.2, 0.25) is 10.0 Å². The van der Waals surface area contributed by atoms with Gasteiger partial charge in [-0.1, -0.05) is 23.2 Å². The molecule has 0 unspecified atom stereocenters. The summed E-state index contributed by atoms with van der Waals surface area (Å²) in [5.41, 5.74) is 6.33. The zero-order chi connectivity index (χ0) is 14.4. The lowest BCUT2D eigenvalue weighted by atomic mass is 10.2. The molecule has 0 heterocycles. The maximum absolute atomic E-state index is 11.5. The molecular weight excluding hydrogens is 287 g/mol. The van der Waals surface area contributed by atoms with E-state index in [1.54, 1.807) is 12.1 Å². The summed E-state index contributed by atoms with van der Waals surface area (Å²) in [6, 6.07) is 3.41. The van der Waals surface area contributed by atoms with Gasteiger partial charge in [0.2, 0.25) is 5.91 Å². The SMILES string of the molecule is CC(C)NC(=O)CCOc1c(Cl)cc(Cl)cc1CN. The van der Waals surface area contributed by atoms with Crippen LogP contribution in [0.15, 0.2) is 12.1 Å². The van der Waals surface area contributed by atoms with Crippen molar-refractivity contribution in [3.8, 4) is 5.75 Å². The smallest absolute Gasteiger partial charge is 0.223 e. The van der Waals surface area contributed by atoms with Gasteiger partial charge in [-0.3, -0.25) is 4.79 Å². The Morgan fingerprint density at radius 1 is 1.42 bits per heavy atom. The standard InChI is InChI=1S/C13H18Cl2N2O2/c1-8(2)17-12(18)3-4-19-13-9(7-16)5-10(14)6-11(13)15/h5-6,8H,3-4,7,16H2,1-2H3,(H,17,18). The van der Waals surface area contributed by atoms with Crippen LogP contribution in [0.4, 0.5) is 0 Å². The number of rotatable bonds is 6. The van der Waals surface area contributed by atoms with Crippen LogP contribution in [0.1, 0.15) is 25.8 Å². The van der Waals surface area contributed by atoms with Crippen molar-refractivity contribution in [2.75, 3.05) is 6.61 Å². The van der Waals surface area contributed by atoms with E-state index in [0.717, 1.165) is 5.56 Å². The molecule has 1 aromatic rings. The first kappa shape index (κ1) is 16.1. The number of halogens is 2. The highest BCUT2D eigenvalue weighted by Crippen LogP contribution is 2.32. The Kier molecular flexibility index (Phi) is 6.42. The van der Waals surface area contributed by atoms with Gasteiger partial charge in [0.15, 0.2) is 0 Å². The molecule has 4 nitrogen and oxygen atoms in total. The lowest BCUT2D eigenvalue weighted by Crippen LogP contribution is -2.31. The fourth-order valence-corrected chi connectivity index (χ4v) is 2.16. The van der Waals surface area contributed by atoms with Crippen molar-refractivity contribution in [3.05, 3.63) is 27.7 Å². The van der Waals surface area contributed by atoms with Crippen LogP contribution >= 0.6 is 23.2 Å². The molecule has 0 bridgehead atoms. The average Bonchev–Trinajstić information content (AvgIpc) is 2.30. The van der Waals surface area contributed by atoms with Crippen molar-refractivity contribution >= 4 is 29.1 Å². The van der Waals surface area contributed by atoms with Crippen LogP contribution in [-0.4, -0.2) is 18.6 Å². The number of benzene rings is 1. The number of hydrogen-bond acceptors (Lipinski definition) is 3. The lowest BCUT2D eigenvalue weighted by molar-refractivity contribution is -0.122. The van der Waals surface area contributed by atoms with Crippen LogP contribution in [0, 0.1) is 0 Å². The summed E-state index contributed by atoms with van der Waals surface area (Å²) in [4.78, 5) is 11.5. The van der Waals surface area contributed by atoms with Crippen molar-refractivity contribution in [3.63, 3.8) is 0 Å². The van der Waals surface area contributed by atoms with Gasteiger partial charge in [-0.25, -0.2) is 0 Å². The quantitative estimate of drug-likeness (QED) is 0.849. The van der Waals surface area contributed by atoms with Gasteiger partial charge in [-0.2, -0.15) is 0 Å². The fourth-order valence-electron chi connectivity index (χ4n) is 1.57. The molecule has 1 aromatic carbocycles. The van der Waals surface area contributed by atoms with E-state index >= 15 is 0 Å². The van der Waals surface area contributed by atoms with Gasteiger partial charge >= 0.3 is 0 Å². The normalized spacial score (nSPS) is 10.6. The molecule has 0 saturated carbocycles. The second kappa shape index (κ2) is 7.58. The monoisotopic (exact) mass is 304 g/mol. The van der Waals surface area contributed by atoms with E-state index < -0.39 is 0 Å². The Morgan fingerprint density at radius 3 is 2.68 bits per heavy atom. The molecule has 0 fully saturated rings. The fraction of sp³-hybridized carbons (Fsp3) is 0.462. The summed E-state index contributed by atoms with van der Waals surface area (Å²) >= 11 is 11.9. The Balaban J connectivity index is 2.60. The minimum atomic E-state index is -0.0608. The average molecular weight is 305 g/mol. The minimum Gasteiger partial charge on any atom is -0.491 e. The molecular formula is C13H18Cl2N2O2. The van der Waals surface area contributed by atoms with Crippen LogP contribution in [-0.2, 0) is 11.3 Å². The first-order valence-corrected chi connectivity index (χ1v) is 6.79. The zero-order valence-electron chi connectivity index (χ0n) is 11.0. The molecule has 0 aliphatic rings. The number of carbonyl (C=O) groups excluding carboxylic acids is 1. The molecule has 0 spiro atoms. The third kappa shape index (κ3) is 5.27. The van der Waals surface area contributed by atoms with E-state index in [2.05, 4.69) is 5.32 Å². The van der Waals surface area contributed by atoms with Crippen molar-refractivity contribution in [1.82, 2.24) is 5.32 Å². The number of ether oxygens (including phenoxy) is 1. The van der Waals surface area contributed by atoms with E-state index in [-0.39, 0.29) is 31.5 Å². The van der Waals surface area contributed by atoms with Crippen LogP contribution in [0.25, 0.3) is 0 Å². The molecule has 1 rings (SSSR count). The Hall–Kier alpha value is -0.970. The van der Waals surface area contributed by atoms with Crippen LogP contribution in [0.3, 0.4) is 0 Å². The zero-order valence-corrected chi connectivity index (χ0v) is 12.5. The topological polar surface area (TPSA) is 64.3 Å². The van der Waals surface area contributed by atoms with Gasteiger partial charge in [-0.05, 0) is 26.0 Å². The third-order valence-electron chi connectivity index (χ3n) is 2.33. The van der Waals surface area contributed by atoms with Crippen molar-refractivity contribution in [2.45, 2.75) is 32.9 Å². The number of carbonyl (C=O) groups is 1. The summed E-state index contributed by atoms with van der Waals surface area (Å²) in [7, 11) is 0. The van der Waals surface area contributed by atoms with E-state index in [9.17, 15) is 4.79 Å². The van der Waals surface area contributed by atoms with Crippen LogP contribution < -0.4 is 15.8 Å². The van der Waals surface area contributed by atoms with Gasteiger partial charge in [0.25, 0.3) is 0 Å². The molecule has 0 aliphatic carbocycles. The summed E-state index contributed by atoms with van der Waals surface area (Å²) in [6.45, 7) is 4.32. The maximum Gasteiger partial charge on any atom is 0.223 e. The molecule has 6 heteroatoms.